The second-order valence-electron chi connectivity index (χ2n) is 4.02. The van der Waals surface area contributed by atoms with Gasteiger partial charge in [0.1, 0.15) is 0 Å². The van der Waals surface area contributed by atoms with E-state index in [-0.39, 0.29) is 11.6 Å². The van der Waals surface area contributed by atoms with Crippen LogP contribution in [0, 0.1) is 17.0 Å². The maximum Gasteiger partial charge on any atom is 0.273 e. The molecule has 0 saturated carbocycles. The molecule has 2 aromatic rings. The van der Waals surface area contributed by atoms with E-state index in [1.807, 2.05) is 16.8 Å². The third-order valence-electron chi connectivity index (χ3n) is 2.78. The highest BCUT2D eigenvalue weighted by Crippen LogP contribution is 2.21. The molecule has 0 fully saturated rings. The first-order valence-corrected chi connectivity index (χ1v) is 6.57. The second-order valence-corrected chi connectivity index (χ2v) is 4.80. The van der Waals surface area contributed by atoms with Gasteiger partial charge in [-0.3, -0.25) is 14.9 Å². The Morgan fingerprint density at radius 1 is 1.42 bits per heavy atom. The van der Waals surface area contributed by atoms with E-state index in [1.165, 1.54) is 12.1 Å². The molecule has 6 heteroatoms. The number of carbonyl (C=O) groups excluding carboxylic acids is 1. The first-order chi connectivity index (χ1) is 9.09. The molecule has 0 saturated heterocycles. The van der Waals surface area contributed by atoms with Crippen LogP contribution in [0.3, 0.4) is 0 Å². The molecule has 0 aliphatic heterocycles. The van der Waals surface area contributed by atoms with Crippen LogP contribution in [0.4, 0.5) is 5.69 Å². The molecule has 0 unspecified atom stereocenters. The van der Waals surface area contributed by atoms with Gasteiger partial charge in [0.2, 0.25) is 0 Å². The Kier molecular flexibility index (Phi) is 3.91. The first-order valence-electron chi connectivity index (χ1n) is 5.63. The lowest BCUT2D eigenvalue weighted by Gasteiger charge is -2.07. The van der Waals surface area contributed by atoms with Crippen LogP contribution >= 0.6 is 11.3 Å². The van der Waals surface area contributed by atoms with Crippen molar-refractivity contribution in [3.8, 4) is 0 Å². The van der Waals surface area contributed by atoms with Crippen molar-refractivity contribution in [3.63, 3.8) is 0 Å². The van der Waals surface area contributed by atoms with E-state index in [0.717, 1.165) is 5.56 Å². The summed E-state index contributed by atoms with van der Waals surface area (Å²) < 4.78 is 0. The summed E-state index contributed by atoms with van der Waals surface area (Å²) in [5.74, 6) is -0.299. The van der Waals surface area contributed by atoms with Gasteiger partial charge in [-0.05, 0) is 35.4 Å². The minimum Gasteiger partial charge on any atom is -0.348 e. The van der Waals surface area contributed by atoms with Gasteiger partial charge in [-0.2, -0.15) is 11.3 Å². The fraction of sp³-hybridized carbons (Fsp3) is 0.154. The molecule has 0 aliphatic carbocycles. The van der Waals surface area contributed by atoms with E-state index < -0.39 is 4.92 Å². The van der Waals surface area contributed by atoms with Gasteiger partial charge in [0.05, 0.1) is 4.92 Å². The normalized spacial score (nSPS) is 10.2. The fourth-order valence-electron chi connectivity index (χ4n) is 1.74. The van der Waals surface area contributed by atoms with Crippen LogP contribution in [0.15, 0.2) is 35.0 Å². The summed E-state index contributed by atoms with van der Waals surface area (Å²) >= 11 is 1.56. The van der Waals surface area contributed by atoms with Crippen LogP contribution in [0.1, 0.15) is 21.5 Å². The minimum absolute atomic E-state index is 0.0387. The maximum absolute atomic E-state index is 12.0. The molecule has 98 valence electrons. The number of carbonyl (C=O) groups is 1. The standard InChI is InChI=1S/C13H12N2O3S/c1-9-11(3-2-4-12(9)15(17)18)13(16)14-7-10-5-6-19-8-10/h2-6,8H,7H2,1H3,(H,14,16). The number of thiophene rings is 1. The molecule has 5 nitrogen and oxygen atoms in total. The molecule has 1 heterocycles. The summed E-state index contributed by atoms with van der Waals surface area (Å²) in [7, 11) is 0. The Labute approximate surface area is 114 Å². The lowest BCUT2D eigenvalue weighted by molar-refractivity contribution is -0.385. The van der Waals surface area contributed by atoms with E-state index in [1.54, 1.807) is 24.3 Å². The summed E-state index contributed by atoms with van der Waals surface area (Å²) in [4.78, 5) is 22.3. The molecule has 0 aliphatic rings. The molecule has 0 spiro atoms. The number of nitrogens with zero attached hydrogens (tertiary/aromatic N) is 1. The Hall–Kier alpha value is -2.21. The van der Waals surface area contributed by atoms with Crippen molar-refractivity contribution in [2.75, 3.05) is 0 Å². The van der Waals surface area contributed by atoms with Gasteiger partial charge in [0.15, 0.2) is 0 Å². The van der Waals surface area contributed by atoms with Crippen molar-refractivity contribution in [1.29, 1.82) is 0 Å². The van der Waals surface area contributed by atoms with Crippen LogP contribution < -0.4 is 5.32 Å². The van der Waals surface area contributed by atoms with E-state index in [0.29, 0.717) is 17.7 Å². The highest BCUT2D eigenvalue weighted by Gasteiger charge is 2.17. The molecular weight excluding hydrogens is 264 g/mol. The van der Waals surface area contributed by atoms with Gasteiger partial charge in [0, 0.05) is 23.7 Å². The third-order valence-corrected chi connectivity index (χ3v) is 3.51. The predicted molar refractivity (Wildman–Crippen MR) is 73.3 cm³/mol. The van der Waals surface area contributed by atoms with Crippen LogP contribution in [0.2, 0.25) is 0 Å². The lowest BCUT2D eigenvalue weighted by atomic mass is 10.1. The topological polar surface area (TPSA) is 72.2 Å². The molecule has 1 amide bonds. The summed E-state index contributed by atoms with van der Waals surface area (Å²) in [5, 5.41) is 17.4. The van der Waals surface area contributed by atoms with E-state index in [9.17, 15) is 14.9 Å². The zero-order valence-electron chi connectivity index (χ0n) is 10.3. The Morgan fingerprint density at radius 3 is 2.84 bits per heavy atom. The van der Waals surface area contributed by atoms with Crippen LogP contribution in [-0.2, 0) is 6.54 Å². The smallest absolute Gasteiger partial charge is 0.273 e. The van der Waals surface area contributed by atoms with E-state index in [2.05, 4.69) is 5.32 Å². The molecular formula is C13H12N2O3S. The molecule has 0 radical (unpaired) electrons. The lowest BCUT2D eigenvalue weighted by Crippen LogP contribution is -2.23. The van der Waals surface area contributed by atoms with Crippen molar-refractivity contribution >= 4 is 22.9 Å². The van der Waals surface area contributed by atoms with Crippen LogP contribution in [0.5, 0.6) is 0 Å². The summed E-state index contributed by atoms with van der Waals surface area (Å²) in [5.41, 5.74) is 1.70. The molecule has 0 bridgehead atoms. The van der Waals surface area contributed by atoms with Gasteiger partial charge < -0.3 is 5.32 Å². The average Bonchev–Trinajstić information content (AvgIpc) is 2.89. The second kappa shape index (κ2) is 5.62. The largest absolute Gasteiger partial charge is 0.348 e. The van der Waals surface area contributed by atoms with Gasteiger partial charge >= 0.3 is 0 Å². The van der Waals surface area contributed by atoms with Crippen molar-refractivity contribution in [1.82, 2.24) is 5.32 Å². The van der Waals surface area contributed by atoms with E-state index in [4.69, 9.17) is 0 Å². The number of nitrogens with one attached hydrogen (secondary N) is 1. The highest BCUT2D eigenvalue weighted by molar-refractivity contribution is 7.07. The minimum atomic E-state index is -0.481. The van der Waals surface area contributed by atoms with Gasteiger partial charge in [-0.1, -0.05) is 6.07 Å². The average molecular weight is 276 g/mol. The number of amides is 1. The maximum atomic E-state index is 12.0. The number of rotatable bonds is 4. The molecule has 0 atom stereocenters. The van der Waals surface area contributed by atoms with Crippen LogP contribution in [-0.4, -0.2) is 10.8 Å². The highest BCUT2D eigenvalue weighted by atomic mass is 32.1. The van der Waals surface area contributed by atoms with Gasteiger partial charge in [-0.15, -0.1) is 0 Å². The van der Waals surface area contributed by atoms with Crippen LogP contribution in [0.25, 0.3) is 0 Å². The Bertz CT molecular complexity index is 608. The van der Waals surface area contributed by atoms with Crippen molar-refractivity contribution < 1.29 is 9.72 Å². The zero-order valence-corrected chi connectivity index (χ0v) is 11.1. The summed E-state index contributed by atoms with van der Waals surface area (Å²) in [6.07, 6.45) is 0. The number of nitro benzene ring substituents is 1. The predicted octanol–water partition coefficient (Wildman–Crippen LogP) is 2.89. The molecule has 1 aromatic carbocycles. The van der Waals surface area contributed by atoms with Gasteiger partial charge in [0.25, 0.3) is 11.6 Å². The van der Waals surface area contributed by atoms with Gasteiger partial charge in [-0.25, -0.2) is 0 Å². The number of benzene rings is 1. The summed E-state index contributed by atoms with van der Waals surface area (Å²) in [6.45, 7) is 2.00. The van der Waals surface area contributed by atoms with Crippen molar-refractivity contribution in [3.05, 3.63) is 61.8 Å². The number of hydrogen-bond acceptors (Lipinski definition) is 4. The molecule has 2 rings (SSSR count). The monoisotopic (exact) mass is 276 g/mol. The fourth-order valence-corrected chi connectivity index (χ4v) is 2.41. The number of nitro groups is 1. The molecule has 19 heavy (non-hydrogen) atoms. The Balaban J connectivity index is 2.15. The van der Waals surface area contributed by atoms with Crippen molar-refractivity contribution in [2.24, 2.45) is 0 Å². The molecule has 1 aromatic heterocycles. The zero-order chi connectivity index (χ0) is 13.8. The third kappa shape index (κ3) is 2.97. The van der Waals surface area contributed by atoms with E-state index >= 15 is 0 Å². The quantitative estimate of drug-likeness (QED) is 0.689. The Morgan fingerprint density at radius 2 is 2.21 bits per heavy atom. The van der Waals surface area contributed by atoms with Crippen molar-refractivity contribution in [2.45, 2.75) is 13.5 Å². The number of hydrogen-bond donors (Lipinski definition) is 1. The SMILES string of the molecule is Cc1c(C(=O)NCc2ccsc2)cccc1[N+](=O)[O-]. The summed E-state index contributed by atoms with van der Waals surface area (Å²) in [6, 6.07) is 6.42. The molecule has 1 N–H and O–H groups in total. The first kappa shape index (κ1) is 13.2.